The highest BCUT2D eigenvalue weighted by molar-refractivity contribution is 9.10. The molecule has 0 fully saturated rings. The van der Waals surface area contributed by atoms with Crippen LogP contribution in [0.15, 0.2) is 22.7 Å². The first-order chi connectivity index (χ1) is 7.15. The average Bonchev–Trinajstić information content (AvgIpc) is 2.17. The minimum atomic E-state index is -0.359. The lowest BCUT2D eigenvalue weighted by Gasteiger charge is -2.02. The van der Waals surface area contributed by atoms with E-state index >= 15 is 0 Å². The van der Waals surface area contributed by atoms with Gasteiger partial charge in [0.2, 0.25) is 0 Å². The SMILES string of the molecule is C#CCCCC(=O)c1ccc(F)cc1Br. The maximum absolute atomic E-state index is 12.7. The Hall–Kier alpha value is -1.14. The van der Waals surface area contributed by atoms with E-state index in [2.05, 4.69) is 21.9 Å². The van der Waals surface area contributed by atoms with Crippen molar-refractivity contribution in [3.05, 3.63) is 34.1 Å². The van der Waals surface area contributed by atoms with E-state index in [1.807, 2.05) is 0 Å². The highest BCUT2D eigenvalue weighted by atomic mass is 79.9. The van der Waals surface area contributed by atoms with Crippen molar-refractivity contribution in [2.45, 2.75) is 19.3 Å². The zero-order chi connectivity index (χ0) is 11.3. The molecule has 0 saturated carbocycles. The number of ketones is 1. The molecule has 0 N–H and O–H groups in total. The lowest BCUT2D eigenvalue weighted by molar-refractivity contribution is 0.0980. The Balaban J connectivity index is 2.70. The molecule has 1 nitrogen and oxygen atoms in total. The Bertz CT molecular complexity index is 407. The van der Waals surface area contributed by atoms with Crippen LogP contribution in [-0.4, -0.2) is 5.78 Å². The van der Waals surface area contributed by atoms with Crippen molar-refractivity contribution in [2.24, 2.45) is 0 Å². The van der Waals surface area contributed by atoms with Crippen LogP contribution in [-0.2, 0) is 0 Å². The maximum atomic E-state index is 12.7. The largest absolute Gasteiger partial charge is 0.294 e. The van der Waals surface area contributed by atoms with Gasteiger partial charge in [-0.3, -0.25) is 4.79 Å². The second-order valence-electron chi connectivity index (χ2n) is 3.11. The van der Waals surface area contributed by atoms with Gasteiger partial charge in [-0.25, -0.2) is 4.39 Å². The topological polar surface area (TPSA) is 17.1 Å². The number of Topliss-reactive ketones (excluding diaryl/α,β-unsaturated/α-hetero) is 1. The lowest BCUT2D eigenvalue weighted by Crippen LogP contribution is -2.00. The highest BCUT2D eigenvalue weighted by Gasteiger charge is 2.09. The van der Waals surface area contributed by atoms with Crippen molar-refractivity contribution in [1.82, 2.24) is 0 Å². The van der Waals surface area contributed by atoms with Crippen molar-refractivity contribution < 1.29 is 9.18 Å². The molecule has 15 heavy (non-hydrogen) atoms. The first kappa shape index (κ1) is 11.9. The average molecular weight is 269 g/mol. The van der Waals surface area contributed by atoms with Crippen molar-refractivity contribution in [2.75, 3.05) is 0 Å². The number of carbonyl (C=O) groups excluding carboxylic acids is 1. The van der Waals surface area contributed by atoms with E-state index in [1.165, 1.54) is 18.2 Å². The Morgan fingerprint density at radius 3 is 2.87 bits per heavy atom. The Labute approximate surface area is 96.8 Å². The molecule has 0 amide bonds. The molecule has 0 spiro atoms. The van der Waals surface area contributed by atoms with Gasteiger partial charge in [-0.1, -0.05) is 0 Å². The smallest absolute Gasteiger partial charge is 0.164 e. The number of hydrogen-bond acceptors (Lipinski definition) is 1. The van der Waals surface area contributed by atoms with Crippen molar-refractivity contribution >= 4 is 21.7 Å². The van der Waals surface area contributed by atoms with Gasteiger partial charge in [-0.2, -0.15) is 0 Å². The van der Waals surface area contributed by atoms with E-state index in [1.54, 1.807) is 0 Å². The van der Waals surface area contributed by atoms with Gasteiger partial charge in [0.15, 0.2) is 5.78 Å². The van der Waals surface area contributed by atoms with Crippen LogP contribution in [0.5, 0.6) is 0 Å². The van der Waals surface area contributed by atoms with E-state index < -0.39 is 0 Å². The van der Waals surface area contributed by atoms with Crippen LogP contribution in [0.4, 0.5) is 4.39 Å². The van der Waals surface area contributed by atoms with E-state index in [4.69, 9.17) is 6.42 Å². The summed E-state index contributed by atoms with van der Waals surface area (Å²) in [6.45, 7) is 0. The Morgan fingerprint density at radius 1 is 1.53 bits per heavy atom. The van der Waals surface area contributed by atoms with Crippen LogP contribution >= 0.6 is 15.9 Å². The van der Waals surface area contributed by atoms with Crippen LogP contribution in [0.25, 0.3) is 0 Å². The molecule has 78 valence electrons. The van der Waals surface area contributed by atoms with Gasteiger partial charge in [0, 0.05) is 22.9 Å². The Morgan fingerprint density at radius 2 is 2.27 bits per heavy atom. The number of terminal acetylenes is 1. The van der Waals surface area contributed by atoms with E-state index in [0.29, 0.717) is 29.3 Å². The summed E-state index contributed by atoms with van der Waals surface area (Å²) in [5, 5.41) is 0. The molecule has 0 saturated heterocycles. The number of hydrogen-bond donors (Lipinski definition) is 0. The maximum Gasteiger partial charge on any atom is 0.164 e. The summed E-state index contributed by atoms with van der Waals surface area (Å²) in [6, 6.07) is 4.05. The minimum absolute atomic E-state index is 0.0166. The van der Waals surface area contributed by atoms with Crippen LogP contribution < -0.4 is 0 Å². The molecule has 0 aromatic heterocycles. The van der Waals surface area contributed by atoms with Gasteiger partial charge in [0.1, 0.15) is 5.82 Å². The lowest BCUT2D eigenvalue weighted by atomic mass is 10.1. The van der Waals surface area contributed by atoms with E-state index in [-0.39, 0.29) is 11.6 Å². The second kappa shape index (κ2) is 5.67. The van der Waals surface area contributed by atoms with Crippen LogP contribution in [0.2, 0.25) is 0 Å². The normalized spacial score (nSPS) is 9.67. The van der Waals surface area contributed by atoms with Crippen LogP contribution in [0.3, 0.4) is 0 Å². The molecular formula is C12H10BrFO. The zero-order valence-electron chi connectivity index (χ0n) is 8.09. The minimum Gasteiger partial charge on any atom is -0.294 e. The van der Waals surface area contributed by atoms with E-state index in [9.17, 15) is 9.18 Å². The zero-order valence-corrected chi connectivity index (χ0v) is 9.68. The molecule has 3 heteroatoms. The third-order valence-corrected chi connectivity index (χ3v) is 2.61. The number of halogens is 2. The fourth-order valence-electron chi connectivity index (χ4n) is 1.20. The molecule has 1 aromatic carbocycles. The molecular weight excluding hydrogens is 259 g/mol. The van der Waals surface area contributed by atoms with Gasteiger partial charge in [0.05, 0.1) is 0 Å². The molecule has 0 radical (unpaired) electrons. The summed E-state index contributed by atoms with van der Waals surface area (Å²) in [6.07, 6.45) is 6.73. The predicted molar refractivity (Wildman–Crippen MR) is 61.1 cm³/mol. The summed E-state index contributed by atoms with van der Waals surface area (Å²) in [7, 11) is 0. The van der Waals surface area contributed by atoms with Gasteiger partial charge in [-0.15, -0.1) is 12.3 Å². The monoisotopic (exact) mass is 268 g/mol. The van der Waals surface area contributed by atoms with Gasteiger partial charge < -0.3 is 0 Å². The summed E-state index contributed by atoms with van der Waals surface area (Å²) in [4.78, 5) is 11.6. The van der Waals surface area contributed by atoms with Gasteiger partial charge >= 0.3 is 0 Å². The van der Waals surface area contributed by atoms with Crippen molar-refractivity contribution in [1.29, 1.82) is 0 Å². The molecule has 1 rings (SSSR count). The molecule has 0 unspecified atom stereocenters. The first-order valence-corrected chi connectivity index (χ1v) is 5.36. The number of rotatable bonds is 4. The van der Waals surface area contributed by atoms with Crippen LogP contribution in [0.1, 0.15) is 29.6 Å². The quantitative estimate of drug-likeness (QED) is 0.464. The molecule has 0 aliphatic heterocycles. The molecule has 0 aliphatic rings. The number of unbranched alkanes of at least 4 members (excludes halogenated alkanes) is 1. The fraction of sp³-hybridized carbons (Fsp3) is 0.250. The van der Waals surface area contributed by atoms with Crippen molar-refractivity contribution in [3.8, 4) is 12.3 Å². The third-order valence-electron chi connectivity index (χ3n) is 1.96. The number of benzene rings is 1. The first-order valence-electron chi connectivity index (χ1n) is 4.57. The second-order valence-corrected chi connectivity index (χ2v) is 3.96. The number of carbonyl (C=O) groups is 1. The van der Waals surface area contributed by atoms with Gasteiger partial charge in [-0.05, 0) is 40.5 Å². The fourth-order valence-corrected chi connectivity index (χ4v) is 1.77. The van der Waals surface area contributed by atoms with Crippen molar-refractivity contribution in [3.63, 3.8) is 0 Å². The third kappa shape index (κ3) is 3.49. The predicted octanol–water partition coefficient (Wildman–Crippen LogP) is 3.57. The molecule has 1 aromatic rings. The van der Waals surface area contributed by atoms with Gasteiger partial charge in [0.25, 0.3) is 0 Å². The summed E-state index contributed by atoms with van der Waals surface area (Å²) in [5.74, 6) is 2.10. The Kier molecular flexibility index (Phi) is 4.51. The molecule has 0 aliphatic carbocycles. The highest BCUT2D eigenvalue weighted by Crippen LogP contribution is 2.20. The summed E-state index contributed by atoms with van der Waals surface area (Å²) < 4.78 is 13.2. The molecule has 0 bridgehead atoms. The standard InChI is InChI=1S/C12H10BrFO/c1-2-3-4-5-12(15)10-7-6-9(14)8-11(10)13/h1,6-8H,3-5H2. The summed E-state index contributed by atoms with van der Waals surface area (Å²) >= 11 is 3.16. The molecule has 0 atom stereocenters. The van der Waals surface area contributed by atoms with Crippen LogP contribution in [0, 0.1) is 18.2 Å². The van der Waals surface area contributed by atoms with E-state index in [0.717, 1.165) is 0 Å². The molecule has 0 heterocycles. The summed E-state index contributed by atoms with van der Waals surface area (Å²) in [5.41, 5.74) is 0.508.